The molecule has 2 amide bonds. The standard InChI is InChI=1S/C23H28N2O4/c1-15(2)24-23(28)21-14-19(11-10-16(21)3)25-22(27)9-6-12-29-20-8-5-7-18(13-20)17(4)26/h5,7-8,10-11,13-15H,6,9,12H2,1-4H3,(H,24,28)(H,25,27). The molecule has 2 aromatic rings. The Morgan fingerprint density at radius 3 is 2.52 bits per heavy atom. The molecule has 0 bridgehead atoms. The lowest BCUT2D eigenvalue weighted by atomic mass is 10.1. The minimum absolute atomic E-state index is 0.0191. The van der Waals surface area contributed by atoms with E-state index in [0.29, 0.717) is 35.6 Å². The zero-order valence-electron chi connectivity index (χ0n) is 17.4. The van der Waals surface area contributed by atoms with Crippen LogP contribution in [-0.2, 0) is 4.79 Å². The number of amides is 2. The largest absolute Gasteiger partial charge is 0.494 e. The lowest BCUT2D eigenvalue weighted by Crippen LogP contribution is -2.30. The quantitative estimate of drug-likeness (QED) is 0.493. The van der Waals surface area contributed by atoms with Crippen LogP contribution in [0.5, 0.6) is 5.75 Å². The van der Waals surface area contributed by atoms with Crippen molar-refractivity contribution in [3.63, 3.8) is 0 Å². The molecule has 0 aliphatic carbocycles. The molecular weight excluding hydrogens is 368 g/mol. The van der Waals surface area contributed by atoms with Gasteiger partial charge in [0.25, 0.3) is 5.91 Å². The fourth-order valence-corrected chi connectivity index (χ4v) is 2.74. The fraction of sp³-hybridized carbons (Fsp3) is 0.348. The first-order valence-corrected chi connectivity index (χ1v) is 9.71. The Bertz CT molecular complexity index is 890. The SMILES string of the molecule is CC(=O)c1cccc(OCCCC(=O)Nc2ccc(C)c(C(=O)NC(C)C)c2)c1. The summed E-state index contributed by atoms with van der Waals surface area (Å²) in [6.07, 6.45) is 0.816. The summed E-state index contributed by atoms with van der Waals surface area (Å²) in [6.45, 7) is 7.53. The van der Waals surface area contributed by atoms with E-state index < -0.39 is 0 Å². The molecule has 0 aliphatic rings. The lowest BCUT2D eigenvalue weighted by molar-refractivity contribution is -0.116. The average Bonchev–Trinajstić information content (AvgIpc) is 2.66. The van der Waals surface area contributed by atoms with Gasteiger partial charge in [-0.2, -0.15) is 0 Å². The maximum Gasteiger partial charge on any atom is 0.251 e. The molecule has 6 nitrogen and oxygen atoms in total. The van der Waals surface area contributed by atoms with Crippen molar-refractivity contribution in [2.24, 2.45) is 0 Å². The number of hydrogen-bond acceptors (Lipinski definition) is 4. The minimum atomic E-state index is -0.158. The van der Waals surface area contributed by atoms with E-state index in [4.69, 9.17) is 4.74 Å². The predicted molar refractivity (Wildman–Crippen MR) is 114 cm³/mol. The van der Waals surface area contributed by atoms with Crippen LogP contribution in [0.3, 0.4) is 0 Å². The number of ether oxygens (including phenoxy) is 1. The second-order valence-electron chi connectivity index (χ2n) is 7.24. The van der Waals surface area contributed by atoms with Crippen molar-refractivity contribution in [2.75, 3.05) is 11.9 Å². The molecule has 2 aromatic carbocycles. The number of anilines is 1. The molecule has 0 heterocycles. The lowest BCUT2D eigenvalue weighted by Gasteiger charge is -2.12. The van der Waals surface area contributed by atoms with Gasteiger partial charge in [0.15, 0.2) is 5.78 Å². The van der Waals surface area contributed by atoms with Crippen molar-refractivity contribution in [2.45, 2.75) is 46.6 Å². The molecule has 0 saturated carbocycles. The van der Waals surface area contributed by atoms with Gasteiger partial charge < -0.3 is 15.4 Å². The van der Waals surface area contributed by atoms with E-state index in [9.17, 15) is 14.4 Å². The van der Waals surface area contributed by atoms with Gasteiger partial charge in [-0.1, -0.05) is 18.2 Å². The Hall–Kier alpha value is -3.15. The smallest absolute Gasteiger partial charge is 0.251 e. The van der Waals surface area contributed by atoms with Gasteiger partial charge in [-0.15, -0.1) is 0 Å². The van der Waals surface area contributed by atoms with E-state index in [1.165, 1.54) is 6.92 Å². The van der Waals surface area contributed by atoms with Crippen molar-refractivity contribution >= 4 is 23.3 Å². The summed E-state index contributed by atoms with van der Waals surface area (Å²) in [7, 11) is 0. The molecule has 29 heavy (non-hydrogen) atoms. The summed E-state index contributed by atoms with van der Waals surface area (Å²) >= 11 is 0. The number of carbonyl (C=O) groups excluding carboxylic acids is 3. The second kappa shape index (κ2) is 10.4. The van der Waals surface area contributed by atoms with Gasteiger partial charge in [0.1, 0.15) is 5.75 Å². The molecule has 0 aromatic heterocycles. The number of hydrogen-bond donors (Lipinski definition) is 2. The first kappa shape index (κ1) is 22.1. The van der Waals surface area contributed by atoms with Crippen LogP contribution in [0.15, 0.2) is 42.5 Å². The van der Waals surface area contributed by atoms with Gasteiger partial charge in [0.2, 0.25) is 5.91 Å². The van der Waals surface area contributed by atoms with Crippen LogP contribution in [0.2, 0.25) is 0 Å². The number of carbonyl (C=O) groups is 3. The molecule has 0 spiro atoms. The third kappa shape index (κ3) is 7.07. The zero-order chi connectivity index (χ0) is 21.4. The normalized spacial score (nSPS) is 10.5. The maximum atomic E-state index is 12.3. The highest BCUT2D eigenvalue weighted by molar-refractivity contribution is 5.98. The predicted octanol–water partition coefficient (Wildman–Crippen LogP) is 4.13. The summed E-state index contributed by atoms with van der Waals surface area (Å²) in [4.78, 5) is 35.9. The average molecular weight is 396 g/mol. The molecule has 0 radical (unpaired) electrons. The van der Waals surface area contributed by atoms with Gasteiger partial charge in [0.05, 0.1) is 6.61 Å². The van der Waals surface area contributed by atoms with Gasteiger partial charge in [0, 0.05) is 29.3 Å². The monoisotopic (exact) mass is 396 g/mol. The highest BCUT2D eigenvalue weighted by Gasteiger charge is 2.12. The maximum absolute atomic E-state index is 12.3. The Morgan fingerprint density at radius 1 is 1.07 bits per heavy atom. The van der Waals surface area contributed by atoms with E-state index in [-0.39, 0.29) is 30.1 Å². The molecule has 2 rings (SSSR count). The van der Waals surface area contributed by atoms with Crippen molar-refractivity contribution in [3.05, 3.63) is 59.2 Å². The fourth-order valence-electron chi connectivity index (χ4n) is 2.74. The Morgan fingerprint density at radius 2 is 1.83 bits per heavy atom. The number of nitrogens with one attached hydrogen (secondary N) is 2. The van der Waals surface area contributed by atoms with Gasteiger partial charge in [-0.25, -0.2) is 0 Å². The molecule has 0 unspecified atom stereocenters. The van der Waals surface area contributed by atoms with Gasteiger partial charge in [-0.3, -0.25) is 14.4 Å². The first-order chi connectivity index (χ1) is 13.8. The molecular formula is C23H28N2O4. The Labute approximate surface area is 171 Å². The molecule has 0 atom stereocenters. The molecule has 0 saturated heterocycles. The number of aryl methyl sites for hydroxylation is 1. The van der Waals surface area contributed by atoms with Gasteiger partial charge >= 0.3 is 0 Å². The molecule has 0 fully saturated rings. The van der Waals surface area contributed by atoms with Crippen LogP contribution >= 0.6 is 0 Å². The minimum Gasteiger partial charge on any atom is -0.494 e. The van der Waals surface area contributed by atoms with E-state index in [1.54, 1.807) is 36.4 Å². The van der Waals surface area contributed by atoms with Crippen LogP contribution in [0, 0.1) is 6.92 Å². The van der Waals surface area contributed by atoms with Crippen molar-refractivity contribution < 1.29 is 19.1 Å². The van der Waals surface area contributed by atoms with Crippen LogP contribution in [0.4, 0.5) is 5.69 Å². The summed E-state index contributed by atoms with van der Waals surface area (Å²) < 4.78 is 5.62. The Balaban J connectivity index is 1.84. The molecule has 2 N–H and O–H groups in total. The van der Waals surface area contributed by atoms with E-state index in [2.05, 4.69) is 10.6 Å². The third-order valence-corrected chi connectivity index (χ3v) is 4.24. The summed E-state index contributed by atoms with van der Waals surface area (Å²) in [5.74, 6) is 0.284. The van der Waals surface area contributed by atoms with Crippen molar-refractivity contribution in [1.29, 1.82) is 0 Å². The first-order valence-electron chi connectivity index (χ1n) is 9.71. The summed E-state index contributed by atoms with van der Waals surface area (Å²) in [6, 6.07) is 12.3. The topological polar surface area (TPSA) is 84.5 Å². The summed E-state index contributed by atoms with van der Waals surface area (Å²) in [5.41, 5.74) is 2.58. The highest BCUT2D eigenvalue weighted by Crippen LogP contribution is 2.17. The van der Waals surface area contributed by atoms with Crippen LogP contribution in [0.25, 0.3) is 0 Å². The van der Waals surface area contributed by atoms with Crippen LogP contribution in [0.1, 0.15) is 59.9 Å². The number of ketones is 1. The highest BCUT2D eigenvalue weighted by atomic mass is 16.5. The second-order valence-corrected chi connectivity index (χ2v) is 7.24. The van der Waals surface area contributed by atoms with Crippen LogP contribution < -0.4 is 15.4 Å². The van der Waals surface area contributed by atoms with Gasteiger partial charge in [-0.05, 0) is 63.9 Å². The van der Waals surface area contributed by atoms with E-state index in [0.717, 1.165) is 5.56 Å². The zero-order valence-corrected chi connectivity index (χ0v) is 17.4. The molecule has 154 valence electrons. The number of rotatable bonds is 9. The number of Topliss-reactive ketones (excluding diaryl/α,β-unsaturated/α-hetero) is 1. The van der Waals surface area contributed by atoms with Crippen LogP contribution in [-0.4, -0.2) is 30.2 Å². The van der Waals surface area contributed by atoms with Crippen molar-refractivity contribution in [3.8, 4) is 5.75 Å². The van der Waals surface area contributed by atoms with Crippen molar-refractivity contribution in [1.82, 2.24) is 5.32 Å². The van der Waals surface area contributed by atoms with E-state index in [1.807, 2.05) is 26.8 Å². The summed E-state index contributed by atoms with van der Waals surface area (Å²) in [5, 5.41) is 5.68. The third-order valence-electron chi connectivity index (χ3n) is 4.24. The molecule has 6 heteroatoms. The Kier molecular flexibility index (Phi) is 7.95. The number of benzene rings is 2. The molecule has 0 aliphatic heterocycles. The van der Waals surface area contributed by atoms with E-state index >= 15 is 0 Å².